The van der Waals surface area contributed by atoms with Crippen LogP contribution in [-0.2, 0) is 0 Å². The van der Waals surface area contributed by atoms with Crippen LogP contribution in [0.25, 0.3) is 0 Å². The van der Waals surface area contributed by atoms with Gasteiger partial charge in [-0.25, -0.2) is 0 Å². The van der Waals surface area contributed by atoms with Gasteiger partial charge in [-0.1, -0.05) is 27.7 Å². The Morgan fingerprint density at radius 3 is 1.94 bits per heavy atom. The van der Waals surface area contributed by atoms with Crippen molar-refractivity contribution in [3.63, 3.8) is 0 Å². The molecule has 1 unspecified atom stereocenters. The molecular weight excluding hydrogens is 198 g/mol. The first kappa shape index (κ1) is 13.9. The van der Waals surface area contributed by atoms with Gasteiger partial charge >= 0.3 is 0 Å². The highest BCUT2D eigenvalue weighted by molar-refractivity contribution is 5.04. The van der Waals surface area contributed by atoms with E-state index >= 15 is 0 Å². The van der Waals surface area contributed by atoms with Crippen LogP contribution < -0.4 is 11.3 Å². The molecule has 1 atom stereocenters. The largest absolute Gasteiger partial charge is 0.297 e. The summed E-state index contributed by atoms with van der Waals surface area (Å²) in [5, 5.41) is 0. The lowest BCUT2D eigenvalue weighted by Crippen LogP contribution is -2.63. The second kappa shape index (κ2) is 5.99. The zero-order chi connectivity index (χ0) is 12.2. The lowest BCUT2D eigenvalue weighted by atomic mass is 9.80. The van der Waals surface area contributed by atoms with E-state index in [0.717, 1.165) is 19.0 Å². The molecule has 3 heteroatoms. The van der Waals surface area contributed by atoms with Crippen molar-refractivity contribution in [2.45, 2.75) is 65.0 Å². The molecule has 16 heavy (non-hydrogen) atoms. The first-order valence-corrected chi connectivity index (χ1v) is 6.91. The predicted molar refractivity (Wildman–Crippen MR) is 70.1 cm³/mol. The van der Waals surface area contributed by atoms with E-state index in [1.165, 1.54) is 25.7 Å². The van der Waals surface area contributed by atoms with Crippen molar-refractivity contribution < 1.29 is 0 Å². The third kappa shape index (κ3) is 2.41. The van der Waals surface area contributed by atoms with Gasteiger partial charge in [0.2, 0.25) is 0 Å². The third-order valence-corrected chi connectivity index (χ3v) is 4.47. The molecule has 0 aromatic rings. The Balaban J connectivity index is 2.90. The quantitative estimate of drug-likeness (QED) is 0.493. The van der Waals surface area contributed by atoms with E-state index in [1.54, 1.807) is 0 Å². The van der Waals surface area contributed by atoms with Crippen LogP contribution in [0.5, 0.6) is 0 Å². The fraction of sp³-hybridized carbons (Fsp3) is 1.00. The van der Waals surface area contributed by atoms with Crippen molar-refractivity contribution >= 4 is 0 Å². The summed E-state index contributed by atoms with van der Waals surface area (Å²) in [6.45, 7) is 11.3. The van der Waals surface area contributed by atoms with E-state index in [2.05, 4.69) is 38.0 Å². The van der Waals surface area contributed by atoms with E-state index in [-0.39, 0.29) is 5.54 Å². The molecule has 0 heterocycles. The molecule has 0 saturated heterocycles. The molecule has 1 aliphatic carbocycles. The van der Waals surface area contributed by atoms with Crippen LogP contribution in [0.3, 0.4) is 0 Å². The highest BCUT2D eigenvalue weighted by atomic mass is 15.3. The first-order chi connectivity index (χ1) is 7.69. The van der Waals surface area contributed by atoms with Gasteiger partial charge in [-0.15, -0.1) is 0 Å². The molecule has 0 spiro atoms. The van der Waals surface area contributed by atoms with Gasteiger partial charge in [-0.05, 0) is 44.7 Å². The average Bonchev–Trinajstić information content (AvgIpc) is 3.13. The summed E-state index contributed by atoms with van der Waals surface area (Å²) >= 11 is 0. The Labute approximate surface area is 101 Å². The van der Waals surface area contributed by atoms with Crippen LogP contribution in [0.4, 0.5) is 0 Å². The third-order valence-electron chi connectivity index (χ3n) is 4.47. The second-order valence-corrected chi connectivity index (χ2v) is 4.96. The van der Waals surface area contributed by atoms with E-state index < -0.39 is 0 Å². The molecule has 3 N–H and O–H groups in total. The SMILES string of the molecule is CCN(CC)C(CC)(CC)C(NN)C1CC1. The van der Waals surface area contributed by atoms with Gasteiger partial charge in [0.25, 0.3) is 0 Å². The first-order valence-electron chi connectivity index (χ1n) is 6.91. The van der Waals surface area contributed by atoms with Gasteiger partial charge in [0.15, 0.2) is 0 Å². The zero-order valence-corrected chi connectivity index (χ0v) is 11.4. The minimum atomic E-state index is 0.249. The van der Waals surface area contributed by atoms with Crippen molar-refractivity contribution in [2.24, 2.45) is 11.8 Å². The van der Waals surface area contributed by atoms with E-state index in [1.807, 2.05) is 0 Å². The Kier molecular flexibility index (Phi) is 5.22. The molecular formula is C13H29N3. The number of rotatable bonds is 8. The Bertz CT molecular complexity index is 193. The normalized spacial score (nSPS) is 19.1. The summed E-state index contributed by atoms with van der Waals surface area (Å²) in [6.07, 6.45) is 5.04. The predicted octanol–water partition coefficient (Wildman–Crippen LogP) is 2.13. The fourth-order valence-corrected chi connectivity index (χ4v) is 3.35. The maximum atomic E-state index is 5.82. The van der Waals surface area contributed by atoms with Crippen molar-refractivity contribution in [1.29, 1.82) is 0 Å². The van der Waals surface area contributed by atoms with Crippen molar-refractivity contribution in [3.8, 4) is 0 Å². The highest BCUT2D eigenvalue weighted by Crippen LogP contribution is 2.41. The Hall–Kier alpha value is -0.120. The van der Waals surface area contributed by atoms with Crippen LogP contribution >= 0.6 is 0 Å². The molecule has 1 rings (SSSR count). The second-order valence-electron chi connectivity index (χ2n) is 4.96. The molecule has 0 bridgehead atoms. The Morgan fingerprint density at radius 1 is 1.19 bits per heavy atom. The molecule has 1 saturated carbocycles. The maximum Gasteiger partial charge on any atom is 0.0422 e. The standard InChI is InChI=1S/C13H29N3/c1-5-13(6-2,16(7-3)8-4)12(15-14)11-9-10-11/h11-12,15H,5-10,14H2,1-4H3. The van der Waals surface area contributed by atoms with Crippen molar-refractivity contribution in [2.75, 3.05) is 13.1 Å². The van der Waals surface area contributed by atoms with E-state index in [0.29, 0.717) is 6.04 Å². The van der Waals surface area contributed by atoms with Crippen LogP contribution in [-0.4, -0.2) is 29.6 Å². The molecule has 0 aliphatic heterocycles. The molecule has 0 radical (unpaired) electrons. The lowest BCUT2D eigenvalue weighted by Gasteiger charge is -2.48. The number of hydrazine groups is 1. The monoisotopic (exact) mass is 227 g/mol. The minimum Gasteiger partial charge on any atom is -0.297 e. The summed E-state index contributed by atoms with van der Waals surface area (Å²) in [7, 11) is 0. The summed E-state index contributed by atoms with van der Waals surface area (Å²) in [4.78, 5) is 2.59. The summed E-state index contributed by atoms with van der Waals surface area (Å²) in [6, 6.07) is 0.461. The van der Waals surface area contributed by atoms with Crippen molar-refractivity contribution in [1.82, 2.24) is 10.3 Å². The maximum absolute atomic E-state index is 5.82. The van der Waals surface area contributed by atoms with Gasteiger partial charge in [0.1, 0.15) is 0 Å². The number of hydrogen-bond acceptors (Lipinski definition) is 3. The Morgan fingerprint density at radius 2 is 1.69 bits per heavy atom. The van der Waals surface area contributed by atoms with Crippen LogP contribution in [0.15, 0.2) is 0 Å². The van der Waals surface area contributed by atoms with E-state index in [4.69, 9.17) is 5.84 Å². The summed E-state index contributed by atoms with van der Waals surface area (Å²) < 4.78 is 0. The number of hydrogen-bond donors (Lipinski definition) is 2. The van der Waals surface area contributed by atoms with Gasteiger partial charge in [-0.2, -0.15) is 0 Å². The highest BCUT2D eigenvalue weighted by Gasteiger charge is 2.46. The molecule has 3 nitrogen and oxygen atoms in total. The van der Waals surface area contributed by atoms with Gasteiger partial charge in [0, 0.05) is 11.6 Å². The minimum absolute atomic E-state index is 0.249. The number of nitrogens with two attached hydrogens (primary N) is 1. The number of nitrogens with one attached hydrogen (secondary N) is 1. The van der Waals surface area contributed by atoms with Crippen LogP contribution in [0.2, 0.25) is 0 Å². The molecule has 0 aromatic carbocycles. The van der Waals surface area contributed by atoms with Crippen LogP contribution in [0.1, 0.15) is 53.4 Å². The molecule has 1 fully saturated rings. The molecule has 0 amide bonds. The average molecular weight is 227 g/mol. The van der Waals surface area contributed by atoms with Gasteiger partial charge in [0.05, 0.1) is 0 Å². The lowest BCUT2D eigenvalue weighted by molar-refractivity contribution is 0.0411. The fourth-order valence-electron chi connectivity index (χ4n) is 3.35. The molecule has 1 aliphatic rings. The smallest absolute Gasteiger partial charge is 0.0422 e. The topological polar surface area (TPSA) is 41.3 Å². The zero-order valence-electron chi connectivity index (χ0n) is 11.4. The molecule has 96 valence electrons. The summed E-state index contributed by atoms with van der Waals surface area (Å²) in [5.74, 6) is 6.62. The van der Waals surface area contributed by atoms with Gasteiger partial charge < -0.3 is 0 Å². The van der Waals surface area contributed by atoms with Crippen LogP contribution in [0, 0.1) is 5.92 Å². The molecule has 0 aromatic heterocycles. The van der Waals surface area contributed by atoms with E-state index in [9.17, 15) is 0 Å². The number of likely N-dealkylation sites (N-methyl/N-ethyl adjacent to an activating group) is 1. The summed E-state index contributed by atoms with van der Waals surface area (Å²) in [5.41, 5.74) is 3.36. The number of nitrogens with zero attached hydrogens (tertiary/aromatic N) is 1. The van der Waals surface area contributed by atoms with Gasteiger partial charge in [-0.3, -0.25) is 16.2 Å². The van der Waals surface area contributed by atoms with Crippen molar-refractivity contribution in [3.05, 3.63) is 0 Å².